The minimum Gasteiger partial charge on any atom is -0.480 e. The molecule has 6 nitrogen and oxygen atoms in total. The molecule has 0 saturated carbocycles. The third-order valence-corrected chi connectivity index (χ3v) is 2.98. The van der Waals surface area contributed by atoms with E-state index in [1.54, 1.807) is 0 Å². The van der Waals surface area contributed by atoms with Crippen LogP contribution in [0.3, 0.4) is 0 Å². The fraction of sp³-hybridized carbons (Fsp3) is 0.357. The number of nitriles is 1. The summed E-state index contributed by atoms with van der Waals surface area (Å²) in [5.41, 5.74) is 0.591. The number of anilines is 1. The Bertz CT molecular complexity index is 581. The van der Waals surface area contributed by atoms with Crippen LogP contribution in [0.4, 0.5) is 10.5 Å². The lowest BCUT2D eigenvalue weighted by atomic mass is 10.0. The first kappa shape index (κ1) is 16.8. The number of carboxylic acid groups (broad SMARTS) is 1. The number of urea groups is 1. The first-order valence-electron chi connectivity index (χ1n) is 6.33. The number of amides is 2. The number of carboxylic acids is 1. The lowest BCUT2D eigenvalue weighted by Gasteiger charge is -2.17. The van der Waals surface area contributed by atoms with Crippen LogP contribution < -0.4 is 10.6 Å². The van der Waals surface area contributed by atoms with E-state index in [0.29, 0.717) is 12.0 Å². The summed E-state index contributed by atoms with van der Waals surface area (Å²) in [4.78, 5) is 22.9. The normalized spacial score (nSPS) is 11.6. The molecule has 1 unspecified atom stereocenters. The first-order valence-corrected chi connectivity index (χ1v) is 6.71. The number of nitrogens with one attached hydrogen (secondary N) is 2. The third kappa shape index (κ3) is 5.32. The highest BCUT2D eigenvalue weighted by atomic mass is 35.5. The molecule has 0 aliphatic heterocycles. The van der Waals surface area contributed by atoms with Crippen molar-refractivity contribution in [2.45, 2.75) is 26.3 Å². The molecule has 1 aromatic rings. The van der Waals surface area contributed by atoms with Crippen molar-refractivity contribution in [1.29, 1.82) is 5.26 Å². The number of nitrogens with zero attached hydrogens (tertiary/aromatic N) is 1. The molecule has 0 radical (unpaired) electrons. The van der Waals surface area contributed by atoms with E-state index in [0.717, 1.165) is 0 Å². The van der Waals surface area contributed by atoms with E-state index in [4.69, 9.17) is 22.0 Å². The number of benzene rings is 1. The number of rotatable bonds is 5. The first-order chi connectivity index (χ1) is 9.83. The molecule has 0 fully saturated rings. The molecule has 0 bridgehead atoms. The average Bonchev–Trinajstić information content (AvgIpc) is 2.39. The topological polar surface area (TPSA) is 102 Å². The van der Waals surface area contributed by atoms with Crippen molar-refractivity contribution in [3.05, 3.63) is 28.8 Å². The maximum atomic E-state index is 11.8. The van der Waals surface area contributed by atoms with E-state index in [-0.39, 0.29) is 16.6 Å². The van der Waals surface area contributed by atoms with Crippen LogP contribution in [0.25, 0.3) is 0 Å². The van der Waals surface area contributed by atoms with Gasteiger partial charge in [-0.3, -0.25) is 0 Å². The van der Waals surface area contributed by atoms with Gasteiger partial charge in [0.2, 0.25) is 0 Å². The van der Waals surface area contributed by atoms with Crippen LogP contribution in [0.2, 0.25) is 5.02 Å². The molecule has 0 aliphatic rings. The van der Waals surface area contributed by atoms with E-state index >= 15 is 0 Å². The van der Waals surface area contributed by atoms with Gasteiger partial charge in [0, 0.05) is 0 Å². The quantitative estimate of drug-likeness (QED) is 0.778. The lowest BCUT2D eigenvalue weighted by Crippen LogP contribution is -2.43. The highest BCUT2D eigenvalue weighted by Crippen LogP contribution is 2.22. The summed E-state index contributed by atoms with van der Waals surface area (Å²) in [6, 6.07) is 4.68. The second-order valence-electron chi connectivity index (χ2n) is 4.93. The number of carbonyl (C=O) groups excluding carboxylic acids is 1. The Morgan fingerprint density at radius 3 is 2.62 bits per heavy atom. The Balaban J connectivity index is 2.77. The summed E-state index contributed by atoms with van der Waals surface area (Å²) in [7, 11) is 0. The Morgan fingerprint density at radius 2 is 2.10 bits per heavy atom. The van der Waals surface area contributed by atoms with Gasteiger partial charge in [-0.25, -0.2) is 9.59 Å². The number of aliphatic carboxylic acids is 1. The number of hydrogen-bond acceptors (Lipinski definition) is 3. The molecule has 2 amide bonds. The molecule has 112 valence electrons. The number of halogens is 1. The van der Waals surface area contributed by atoms with Gasteiger partial charge in [-0.05, 0) is 30.5 Å². The monoisotopic (exact) mass is 309 g/mol. The Hall–Kier alpha value is -2.26. The van der Waals surface area contributed by atoms with Gasteiger partial charge >= 0.3 is 12.0 Å². The fourth-order valence-electron chi connectivity index (χ4n) is 1.70. The molecule has 1 aromatic carbocycles. The van der Waals surface area contributed by atoms with Gasteiger partial charge in [-0.1, -0.05) is 25.4 Å². The van der Waals surface area contributed by atoms with Crippen molar-refractivity contribution in [1.82, 2.24) is 5.32 Å². The van der Waals surface area contributed by atoms with Gasteiger partial charge in [0.1, 0.15) is 6.04 Å². The van der Waals surface area contributed by atoms with Crippen molar-refractivity contribution >= 4 is 29.3 Å². The van der Waals surface area contributed by atoms with Gasteiger partial charge in [-0.2, -0.15) is 5.26 Å². The zero-order valence-corrected chi connectivity index (χ0v) is 12.4. The zero-order valence-electron chi connectivity index (χ0n) is 11.7. The van der Waals surface area contributed by atoms with Crippen LogP contribution in [0.15, 0.2) is 18.2 Å². The predicted octanol–water partition coefficient (Wildman–Crippen LogP) is 2.83. The second-order valence-corrected chi connectivity index (χ2v) is 5.33. The maximum Gasteiger partial charge on any atom is 0.326 e. The van der Waals surface area contributed by atoms with Gasteiger partial charge in [0.05, 0.1) is 22.3 Å². The highest BCUT2D eigenvalue weighted by molar-refractivity contribution is 6.33. The third-order valence-electron chi connectivity index (χ3n) is 2.65. The van der Waals surface area contributed by atoms with Crippen molar-refractivity contribution in [3.63, 3.8) is 0 Å². The highest BCUT2D eigenvalue weighted by Gasteiger charge is 2.21. The Labute approximate surface area is 127 Å². The molecular formula is C14H16ClN3O3. The van der Waals surface area contributed by atoms with Crippen molar-refractivity contribution in [2.75, 3.05) is 5.32 Å². The van der Waals surface area contributed by atoms with E-state index in [1.165, 1.54) is 18.2 Å². The molecule has 0 aliphatic carbocycles. The molecule has 1 atom stereocenters. The smallest absolute Gasteiger partial charge is 0.326 e. The molecule has 1 rings (SSSR count). The Morgan fingerprint density at radius 1 is 1.43 bits per heavy atom. The standard InChI is InChI=1S/C14H16ClN3O3/c1-8(2)5-12(13(19)20)18-14(21)17-11-6-9(7-16)3-4-10(11)15/h3-4,6,8,12H,5H2,1-2H3,(H,19,20)(H2,17,18,21). The minimum absolute atomic E-state index is 0.122. The van der Waals surface area contributed by atoms with Crippen LogP contribution in [0, 0.1) is 17.2 Å². The van der Waals surface area contributed by atoms with Crippen LogP contribution in [0.5, 0.6) is 0 Å². The zero-order chi connectivity index (χ0) is 16.0. The van der Waals surface area contributed by atoms with Crippen LogP contribution in [-0.4, -0.2) is 23.1 Å². The summed E-state index contributed by atoms with van der Waals surface area (Å²) >= 11 is 5.91. The van der Waals surface area contributed by atoms with Crippen molar-refractivity contribution in [3.8, 4) is 6.07 Å². The number of carbonyl (C=O) groups is 2. The van der Waals surface area contributed by atoms with E-state index < -0.39 is 18.0 Å². The van der Waals surface area contributed by atoms with Gasteiger partial charge in [0.15, 0.2) is 0 Å². The lowest BCUT2D eigenvalue weighted by molar-refractivity contribution is -0.139. The van der Waals surface area contributed by atoms with Crippen molar-refractivity contribution < 1.29 is 14.7 Å². The summed E-state index contributed by atoms with van der Waals surface area (Å²) in [5.74, 6) is -0.979. The van der Waals surface area contributed by atoms with Gasteiger partial charge < -0.3 is 15.7 Å². The van der Waals surface area contributed by atoms with E-state index in [1.807, 2.05) is 19.9 Å². The van der Waals surface area contributed by atoms with E-state index in [2.05, 4.69) is 10.6 Å². The molecule has 0 aromatic heterocycles. The second kappa shape index (κ2) is 7.50. The number of hydrogen-bond donors (Lipinski definition) is 3. The van der Waals surface area contributed by atoms with Gasteiger partial charge in [0.25, 0.3) is 0 Å². The molecule has 0 spiro atoms. The SMILES string of the molecule is CC(C)CC(NC(=O)Nc1cc(C#N)ccc1Cl)C(=O)O. The molecule has 21 heavy (non-hydrogen) atoms. The van der Waals surface area contributed by atoms with Gasteiger partial charge in [-0.15, -0.1) is 0 Å². The predicted molar refractivity (Wildman–Crippen MR) is 79.2 cm³/mol. The molecule has 7 heteroatoms. The van der Waals surface area contributed by atoms with Crippen LogP contribution >= 0.6 is 11.6 Å². The summed E-state index contributed by atoms with van der Waals surface area (Å²) in [6.07, 6.45) is 0.314. The fourth-order valence-corrected chi connectivity index (χ4v) is 1.86. The maximum absolute atomic E-state index is 11.8. The molecule has 0 saturated heterocycles. The molecule has 0 heterocycles. The molecular weight excluding hydrogens is 294 g/mol. The Kier molecular flexibility index (Phi) is 6.00. The summed E-state index contributed by atoms with van der Waals surface area (Å²) in [5, 5.41) is 22.9. The average molecular weight is 310 g/mol. The largest absolute Gasteiger partial charge is 0.480 e. The molecule has 3 N–H and O–H groups in total. The summed E-state index contributed by atoms with van der Waals surface area (Å²) in [6.45, 7) is 3.73. The minimum atomic E-state index is -1.10. The van der Waals surface area contributed by atoms with Crippen LogP contribution in [-0.2, 0) is 4.79 Å². The summed E-state index contributed by atoms with van der Waals surface area (Å²) < 4.78 is 0. The van der Waals surface area contributed by atoms with Crippen LogP contribution in [0.1, 0.15) is 25.8 Å². The van der Waals surface area contributed by atoms with E-state index in [9.17, 15) is 9.59 Å². The van der Waals surface area contributed by atoms with Crippen molar-refractivity contribution in [2.24, 2.45) is 5.92 Å².